The molecule has 1 aromatic carbocycles. The van der Waals surface area contributed by atoms with Crippen LogP contribution in [0.3, 0.4) is 0 Å². The molecule has 1 atom stereocenters. The maximum Gasteiger partial charge on any atom is 0.224 e. The van der Waals surface area contributed by atoms with Gasteiger partial charge in [0, 0.05) is 23.2 Å². The summed E-state index contributed by atoms with van der Waals surface area (Å²) in [6.07, 6.45) is 3.43. The van der Waals surface area contributed by atoms with Gasteiger partial charge in [0.15, 0.2) is 0 Å². The van der Waals surface area contributed by atoms with Gasteiger partial charge in [-0.15, -0.1) is 11.3 Å². The highest BCUT2D eigenvalue weighted by molar-refractivity contribution is 7.84. The quantitative estimate of drug-likeness (QED) is 0.882. The Labute approximate surface area is 129 Å². The molecule has 6 heteroatoms. The van der Waals surface area contributed by atoms with Crippen LogP contribution in [0.25, 0.3) is 0 Å². The van der Waals surface area contributed by atoms with Crippen molar-refractivity contribution in [3.8, 4) is 0 Å². The zero-order valence-electron chi connectivity index (χ0n) is 11.6. The standard InChI is InChI=1S/C15H16FNO2S2/c1-21(19)14-8-7-11(10-13(14)16)17-15(18)6-2-4-12-5-3-9-20-12/h3,5,7-10H,2,4,6H2,1H3,(H,17,18). The molecule has 0 fully saturated rings. The van der Waals surface area contributed by atoms with E-state index in [0.717, 1.165) is 12.8 Å². The van der Waals surface area contributed by atoms with Gasteiger partial charge in [0.1, 0.15) is 5.82 Å². The van der Waals surface area contributed by atoms with Crippen LogP contribution in [-0.4, -0.2) is 16.4 Å². The van der Waals surface area contributed by atoms with Crippen LogP contribution in [0.5, 0.6) is 0 Å². The number of carbonyl (C=O) groups excluding carboxylic acids is 1. The van der Waals surface area contributed by atoms with Crippen LogP contribution >= 0.6 is 11.3 Å². The third kappa shape index (κ3) is 4.75. The van der Waals surface area contributed by atoms with E-state index in [9.17, 15) is 13.4 Å². The van der Waals surface area contributed by atoms with Crippen molar-refractivity contribution in [1.29, 1.82) is 0 Å². The van der Waals surface area contributed by atoms with E-state index >= 15 is 0 Å². The van der Waals surface area contributed by atoms with E-state index in [4.69, 9.17) is 0 Å². The second-order valence-corrected chi connectivity index (χ2v) is 6.96. The SMILES string of the molecule is CS(=O)c1ccc(NC(=O)CCCc2cccs2)cc1F. The maximum atomic E-state index is 13.6. The molecule has 0 spiro atoms. The van der Waals surface area contributed by atoms with Crippen molar-refractivity contribution in [2.24, 2.45) is 0 Å². The van der Waals surface area contributed by atoms with E-state index < -0.39 is 16.6 Å². The highest BCUT2D eigenvalue weighted by Gasteiger charge is 2.09. The molecular weight excluding hydrogens is 309 g/mol. The molecule has 0 aliphatic heterocycles. The van der Waals surface area contributed by atoms with Gasteiger partial charge in [-0.2, -0.15) is 0 Å². The Hall–Kier alpha value is -1.53. The molecule has 2 rings (SSSR count). The van der Waals surface area contributed by atoms with Crippen molar-refractivity contribution in [2.45, 2.75) is 24.2 Å². The Morgan fingerprint density at radius 3 is 2.81 bits per heavy atom. The summed E-state index contributed by atoms with van der Waals surface area (Å²) < 4.78 is 24.9. The summed E-state index contributed by atoms with van der Waals surface area (Å²) in [4.78, 5) is 13.2. The van der Waals surface area contributed by atoms with Crippen molar-refractivity contribution in [1.82, 2.24) is 0 Å². The van der Waals surface area contributed by atoms with Crippen molar-refractivity contribution < 1.29 is 13.4 Å². The van der Waals surface area contributed by atoms with E-state index in [1.807, 2.05) is 17.5 Å². The minimum atomic E-state index is -1.37. The predicted octanol–water partition coefficient (Wildman–Crippen LogP) is 3.59. The number of hydrogen-bond acceptors (Lipinski definition) is 3. The van der Waals surface area contributed by atoms with Crippen molar-refractivity contribution >= 4 is 33.7 Å². The fraction of sp³-hybridized carbons (Fsp3) is 0.267. The van der Waals surface area contributed by atoms with Gasteiger partial charge < -0.3 is 5.32 Å². The lowest BCUT2D eigenvalue weighted by atomic mass is 10.2. The molecule has 1 aromatic heterocycles. The first-order valence-corrected chi connectivity index (χ1v) is 8.95. The summed E-state index contributed by atoms with van der Waals surface area (Å²) in [7, 11) is -1.37. The number of rotatable bonds is 6. The average Bonchev–Trinajstić information content (AvgIpc) is 2.91. The summed E-state index contributed by atoms with van der Waals surface area (Å²) in [5.41, 5.74) is 0.392. The topological polar surface area (TPSA) is 46.2 Å². The summed E-state index contributed by atoms with van der Waals surface area (Å²) in [6.45, 7) is 0. The van der Waals surface area contributed by atoms with Gasteiger partial charge in [0.25, 0.3) is 0 Å². The first kappa shape index (κ1) is 15.9. The second kappa shape index (κ2) is 7.47. The number of halogens is 1. The highest BCUT2D eigenvalue weighted by atomic mass is 32.2. The Kier molecular flexibility index (Phi) is 5.64. The van der Waals surface area contributed by atoms with E-state index in [-0.39, 0.29) is 10.8 Å². The molecule has 112 valence electrons. The number of anilines is 1. The van der Waals surface area contributed by atoms with E-state index in [1.54, 1.807) is 17.4 Å². The predicted molar refractivity (Wildman–Crippen MR) is 84.6 cm³/mol. The monoisotopic (exact) mass is 325 g/mol. The van der Waals surface area contributed by atoms with Gasteiger partial charge in [0.2, 0.25) is 5.91 Å². The Morgan fingerprint density at radius 2 is 2.19 bits per heavy atom. The van der Waals surface area contributed by atoms with E-state index in [1.165, 1.54) is 23.3 Å². The summed E-state index contributed by atoms with van der Waals surface area (Å²) in [5, 5.41) is 4.67. The lowest BCUT2D eigenvalue weighted by Gasteiger charge is -2.06. The minimum Gasteiger partial charge on any atom is -0.326 e. The average molecular weight is 325 g/mol. The first-order chi connectivity index (χ1) is 10.1. The van der Waals surface area contributed by atoms with E-state index in [0.29, 0.717) is 12.1 Å². The van der Waals surface area contributed by atoms with Crippen LogP contribution in [0.4, 0.5) is 10.1 Å². The molecule has 0 saturated heterocycles. The van der Waals surface area contributed by atoms with Crippen LogP contribution < -0.4 is 5.32 Å². The highest BCUT2D eigenvalue weighted by Crippen LogP contribution is 2.18. The van der Waals surface area contributed by atoms with Crippen LogP contribution in [-0.2, 0) is 22.0 Å². The smallest absolute Gasteiger partial charge is 0.224 e. The Bertz CT molecular complexity index is 641. The summed E-state index contributed by atoms with van der Waals surface area (Å²) in [6, 6.07) is 8.24. The fourth-order valence-electron chi connectivity index (χ4n) is 1.91. The number of benzene rings is 1. The van der Waals surface area contributed by atoms with Crippen LogP contribution in [0.2, 0.25) is 0 Å². The molecule has 0 radical (unpaired) electrons. The molecule has 0 saturated carbocycles. The molecule has 0 aliphatic rings. The fourth-order valence-corrected chi connectivity index (χ4v) is 3.26. The zero-order chi connectivity index (χ0) is 15.2. The number of thiophene rings is 1. The lowest BCUT2D eigenvalue weighted by Crippen LogP contribution is -2.11. The summed E-state index contributed by atoms with van der Waals surface area (Å²) >= 11 is 1.67. The zero-order valence-corrected chi connectivity index (χ0v) is 13.2. The molecule has 1 heterocycles. The molecule has 0 bridgehead atoms. The molecule has 1 amide bonds. The molecule has 1 unspecified atom stereocenters. The normalized spacial score (nSPS) is 12.1. The van der Waals surface area contributed by atoms with Crippen molar-refractivity contribution in [3.05, 3.63) is 46.4 Å². The minimum absolute atomic E-state index is 0.142. The molecule has 3 nitrogen and oxygen atoms in total. The molecule has 1 N–H and O–H groups in total. The van der Waals surface area contributed by atoms with Gasteiger partial charge in [-0.1, -0.05) is 6.07 Å². The second-order valence-electron chi connectivity index (χ2n) is 4.58. The molecule has 2 aromatic rings. The number of nitrogens with one attached hydrogen (secondary N) is 1. The number of aryl methyl sites for hydroxylation is 1. The number of amides is 1. The van der Waals surface area contributed by atoms with E-state index in [2.05, 4.69) is 5.32 Å². The number of hydrogen-bond donors (Lipinski definition) is 1. The van der Waals surface area contributed by atoms with Gasteiger partial charge >= 0.3 is 0 Å². The summed E-state index contributed by atoms with van der Waals surface area (Å²) in [5.74, 6) is -0.705. The van der Waals surface area contributed by atoms with Gasteiger partial charge in [0.05, 0.1) is 15.7 Å². The van der Waals surface area contributed by atoms with Gasteiger partial charge in [-0.3, -0.25) is 9.00 Å². The van der Waals surface area contributed by atoms with Gasteiger partial charge in [-0.05, 0) is 42.5 Å². The van der Waals surface area contributed by atoms with Crippen LogP contribution in [0.15, 0.2) is 40.6 Å². The molecule has 21 heavy (non-hydrogen) atoms. The Morgan fingerprint density at radius 1 is 1.38 bits per heavy atom. The first-order valence-electron chi connectivity index (χ1n) is 6.51. The molecule has 0 aliphatic carbocycles. The maximum absolute atomic E-state index is 13.6. The third-order valence-electron chi connectivity index (χ3n) is 2.93. The van der Waals surface area contributed by atoms with Crippen molar-refractivity contribution in [3.63, 3.8) is 0 Å². The van der Waals surface area contributed by atoms with Gasteiger partial charge in [-0.25, -0.2) is 4.39 Å². The largest absolute Gasteiger partial charge is 0.326 e. The lowest BCUT2D eigenvalue weighted by molar-refractivity contribution is -0.116. The van der Waals surface area contributed by atoms with Crippen LogP contribution in [0, 0.1) is 5.82 Å². The third-order valence-corrected chi connectivity index (χ3v) is 4.82. The number of carbonyl (C=O) groups is 1. The van der Waals surface area contributed by atoms with Crippen LogP contribution in [0.1, 0.15) is 17.7 Å². The van der Waals surface area contributed by atoms with Crippen molar-refractivity contribution in [2.75, 3.05) is 11.6 Å². The molecular formula is C15H16FNO2S2. The Balaban J connectivity index is 1.85.